The number of hydrogen-bond acceptors (Lipinski definition) is 2. The molecule has 3 rings (SSSR count). The van der Waals surface area contributed by atoms with Crippen LogP contribution in [-0.4, -0.2) is 18.9 Å². The van der Waals surface area contributed by atoms with Gasteiger partial charge in [-0.05, 0) is 30.3 Å². The zero-order valence-corrected chi connectivity index (χ0v) is 16.1. The van der Waals surface area contributed by atoms with Crippen molar-refractivity contribution in [3.8, 4) is 11.3 Å². The smallest absolute Gasteiger partial charge is 0.352 e. The molecule has 1 N–H and O–H groups in total. The molecule has 3 nitrogen and oxygen atoms in total. The van der Waals surface area contributed by atoms with Gasteiger partial charge in [-0.2, -0.15) is 13.2 Å². The minimum atomic E-state index is -5.73. The van der Waals surface area contributed by atoms with E-state index in [1.807, 2.05) is 0 Å². The van der Waals surface area contributed by atoms with E-state index in [1.165, 1.54) is 24.3 Å². The van der Waals surface area contributed by atoms with Gasteiger partial charge in [0.05, 0.1) is 16.2 Å². The fourth-order valence-corrected chi connectivity index (χ4v) is 4.68. The number of halogens is 7. The van der Waals surface area contributed by atoms with Gasteiger partial charge in [0.15, 0.2) is 0 Å². The fraction of sp³-hybridized carbons (Fsp3) is 0.0667. The molecule has 3 aromatic rings. The van der Waals surface area contributed by atoms with Crippen LogP contribution in [0.15, 0.2) is 35.2 Å². The predicted molar refractivity (Wildman–Crippen MR) is 97.0 cm³/mol. The first-order valence-electron chi connectivity index (χ1n) is 6.70. The van der Waals surface area contributed by atoms with E-state index in [2.05, 4.69) is 4.98 Å². The molecule has 11 heteroatoms. The molecule has 0 amide bonds. The third kappa shape index (κ3) is 3.27. The minimum Gasteiger partial charge on any atom is -0.352 e. The van der Waals surface area contributed by atoms with Crippen LogP contribution in [-0.2, 0) is 9.84 Å². The zero-order chi connectivity index (χ0) is 19.4. The monoisotopic (exact) mass is 461 g/mol. The summed E-state index contributed by atoms with van der Waals surface area (Å²) in [7, 11) is -5.73. The molecule has 2 aromatic carbocycles. The Balaban J connectivity index is 2.51. The lowest BCUT2D eigenvalue weighted by atomic mass is 10.1. The lowest BCUT2D eigenvalue weighted by Crippen LogP contribution is -2.23. The maximum atomic E-state index is 13.3. The van der Waals surface area contributed by atoms with Gasteiger partial charge in [0.1, 0.15) is 4.90 Å². The SMILES string of the molecule is O=S(=O)(c1c(-c2cc(Cl)cc(Cl)c2)[nH]c2c(Cl)cc(Cl)cc12)C(F)(F)F. The van der Waals surface area contributed by atoms with E-state index >= 15 is 0 Å². The van der Waals surface area contributed by atoms with Gasteiger partial charge in [0.2, 0.25) is 0 Å². The molecule has 1 heterocycles. The van der Waals surface area contributed by atoms with Crippen LogP contribution in [0.5, 0.6) is 0 Å². The van der Waals surface area contributed by atoms with E-state index in [4.69, 9.17) is 46.4 Å². The third-order valence-corrected chi connectivity index (χ3v) is 6.03. The maximum absolute atomic E-state index is 13.3. The Morgan fingerprint density at radius 1 is 0.846 bits per heavy atom. The van der Waals surface area contributed by atoms with Crippen molar-refractivity contribution in [2.75, 3.05) is 0 Å². The molecule has 0 atom stereocenters. The molecule has 0 spiro atoms. The number of alkyl halides is 3. The van der Waals surface area contributed by atoms with Crippen LogP contribution < -0.4 is 0 Å². The molecular weight excluding hydrogens is 457 g/mol. The molecule has 0 aliphatic heterocycles. The third-order valence-electron chi connectivity index (χ3n) is 3.50. The van der Waals surface area contributed by atoms with Crippen LogP contribution in [0.3, 0.4) is 0 Å². The number of benzene rings is 2. The first-order chi connectivity index (χ1) is 11.9. The fourth-order valence-electron chi connectivity index (χ4n) is 2.49. The molecule has 0 bridgehead atoms. The lowest BCUT2D eigenvalue weighted by Gasteiger charge is -2.10. The second-order valence-corrected chi connectivity index (χ2v) is 8.84. The second-order valence-electron chi connectivity index (χ2n) is 5.25. The molecule has 0 radical (unpaired) electrons. The van der Waals surface area contributed by atoms with Crippen molar-refractivity contribution in [2.45, 2.75) is 10.4 Å². The van der Waals surface area contributed by atoms with Crippen molar-refractivity contribution in [3.05, 3.63) is 50.4 Å². The lowest BCUT2D eigenvalue weighted by molar-refractivity contribution is -0.0435. The van der Waals surface area contributed by atoms with E-state index in [0.29, 0.717) is 0 Å². The van der Waals surface area contributed by atoms with Crippen LogP contribution in [0.4, 0.5) is 13.2 Å². The predicted octanol–water partition coefficient (Wildman–Crippen LogP) is 6.74. The van der Waals surface area contributed by atoms with E-state index in [9.17, 15) is 21.6 Å². The number of rotatable bonds is 2. The van der Waals surface area contributed by atoms with Gasteiger partial charge in [0.25, 0.3) is 9.84 Å². The van der Waals surface area contributed by atoms with Crippen LogP contribution >= 0.6 is 46.4 Å². The van der Waals surface area contributed by atoms with E-state index < -0.39 is 20.2 Å². The van der Waals surface area contributed by atoms with Crippen molar-refractivity contribution < 1.29 is 21.6 Å². The zero-order valence-electron chi connectivity index (χ0n) is 12.3. The van der Waals surface area contributed by atoms with Gasteiger partial charge in [-0.1, -0.05) is 46.4 Å². The first-order valence-corrected chi connectivity index (χ1v) is 9.70. The number of aromatic nitrogens is 1. The molecule has 0 fully saturated rings. The van der Waals surface area contributed by atoms with Crippen LogP contribution in [0.1, 0.15) is 0 Å². The normalized spacial score (nSPS) is 12.7. The average molecular weight is 463 g/mol. The van der Waals surface area contributed by atoms with E-state index in [0.717, 1.165) is 6.07 Å². The highest BCUT2D eigenvalue weighted by Gasteiger charge is 2.49. The largest absolute Gasteiger partial charge is 0.502 e. The summed E-state index contributed by atoms with van der Waals surface area (Å²) < 4.78 is 64.2. The highest BCUT2D eigenvalue weighted by molar-refractivity contribution is 7.92. The summed E-state index contributed by atoms with van der Waals surface area (Å²) in [5.41, 5.74) is -5.83. The maximum Gasteiger partial charge on any atom is 0.502 e. The number of sulfone groups is 1. The summed E-state index contributed by atoms with van der Waals surface area (Å²) in [6, 6.07) is 6.29. The molecule has 0 aliphatic rings. The van der Waals surface area contributed by atoms with Gasteiger partial charge in [0, 0.05) is 26.0 Å². The molecule has 1 aromatic heterocycles. The van der Waals surface area contributed by atoms with Crippen molar-refractivity contribution in [3.63, 3.8) is 0 Å². The van der Waals surface area contributed by atoms with Gasteiger partial charge in [-0.3, -0.25) is 0 Å². The number of fused-ring (bicyclic) bond motifs is 1. The molecular formula is C15H6Cl4F3NO2S. The van der Waals surface area contributed by atoms with Crippen LogP contribution in [0.2, 0.25) is 20.1 Å². The number of nitrogens with one attached hydrogen (secondary N) is 1. The topological polar surface area (TPSA) is 49.9 Å². The summed E-state index contributed by atoms with van der Waals surface area (Å²) in [6.45, 7) is 0. The van der Waals surface area contributed by atoms with E-state index in [-0.39, 0.29) is 42.3 Å². The van der Waals surface area contributed by atoms with Crippen molar-refractivity contribution in [2.24, 2.45) is 0 Å². The van der Waals surface area contributed by atoms with Crippen molar-refractivity contribution in [1.82, 2.24) is 4.98 Å². The number of H-pyrrole nitrogens is 1. The van der Waals surface area contributed by atoms with Crippen molar-refractivity contribution >= 4 is 67.1 Å². The summed E-state index contributed by atoms with van der Waals surface area (Å²) in [5.74, 6) is 0. The Morgan fingerprint density at radius 3 is 1.92 bits per heavy atom. The van der Waals surface area contributed by atoms with Crippen LogP contribution in [0, 0.1) is 0 Å². The van der Waals surface area contributed by atoms with Gasteiger partial charge in [-0.15, -0.1) is 0 Å². The minimum absolute atomic E-state index is 0.00927. The summed E-state index contributed by atoms with van der Waals surface area (Å²) >= 11 is 23.7. The van der Waals surface area contributed by atoms with Crippen molar-refractivity contribution in [1.29, 1.82) is 0 Å². The highest BCUT2D eigenvalue weighted by Crippen LogP contribution is 2.44. The average Bonchev–Trinajstić information content (AvgIpc) is 2.85. The Bertz CT molecular complexity index is 1120. The molecule has 138 valence electrons. The van der Waals surface area contributed by atoms with Gasteiger partial charge < -0.3 is 4.98 Å². The Labute approximate surface area is 165 Å². The van der Waals surface area contributed by atoms with Crippen LogP contribution in [0.25, 0.3) is 22.2 Å². The standard InChI is InChI=1S/C15H6Cl4F3NO2S/c16-7-1-6(2-8(17)3-7)12-14(26(24,25)15(20,21)22)10-4-9(18)5-11(19)13(10)23-12/h1-5,23H. The molecule has 0 aliphatic carbocycles. The summed E-state index contributed by atoms with van der Waals surface area (Å²) in [4.78, 5) is 1.62. The molecule has 0 unspecified atom stereocenters. The summed E-state index contributed by atoms with van der Waals surface area (Å²) in [6.07, 6.45) is 0. The second kappa shape index (κ2) is 6.49. The molecule has 0 saturated heterocycles. The van der Waals surface area contributed by atoms with Gasteiger partial charge >= 0.3 is 5.51 Å². The molecule has 0 saturated carbocycles. The summed E-state index contributed by atoms with van der Waals surface area (Å²) in [5, 5.41) is -0.108. The molecule has 26 heavy (non-hydrogen) atoms. The highest BCUT2D eigenvalue weighted by atomic mass is 35.5. The quantitative estimate of drug-likeness (QED) is 0.458. The Hall–Kier alpha value is -1.12. The first kappa shape index (κ1) is 19.6. The van der Waals surface area contributed by atoms with E-state index in [1.54, 1.807) is 0 Å². The Kier molecular flexibility index (Phi) is 4.90. The Morgan fingerprint density at radius 2 is 1.38 bits per heavy atom. The van der Waals surface area contributed by atoms with Gasteiger partial charge in [-0.25, -0.2) is 8.42 Å². The number of aromatic amines is 1. The number of hydrogen-bond donors (Lipinski definition) is 1.